The standard InChI is InChI=1S/C20H15Cl2N3O2/c1-12-3-2-4-18(23-12)25-19(26)13-5-7-17(8-6-13)24-20(27)14-9-15(21)11-16(22)10-14/h2-11H,1H3,(H,24,27)(H,23,25,26). The normalized spacial score (nSPS) is 10.3. The van der Waals surface area contributed by atoms with Gasteiger partial charge in [0.25, 0.3) is 11.8 Å². The molecule has 0 aliphatic rings. The minimum absolute atomic E-state index is 0.285. The van der Waals surface area contributed by atoms with Crippen molar-refractivity contribution in [2.75, 3.05) is 10.6 Å². The summed E-state index contributed by atoms with van der Waals surface area (Å²) < 4.78 is 0. The summed E-state index contributed by atoms with van der Waals surface area (Å²) in [5, 5.41) is 6.22. The van der Waals surface area contributed by atoms with Crippen LogP contribution >= 0.6 is 23.2 Å². The molecule has 27 heavy (non-hydrogen) atoms. The number of rotatable bonds is 4. The van der Waals surface area contributed by atoms with Crippen molar-refractivity contribution in [1.82, 2.24) is 4.98 Å². The van der Waals surface area contributed by atoms with Gasteiger partial charge in [0.05, 0.1) is 0 Å². The smallest absolute Gasteiger partial charge is 0.256 e. The fourth-order valence-corrected chi connectivity index (χ4v) is 2.92. The summed E-state index contributed by atoms with van der Waals surface area (Å²) in [5.41, 5.74) is 2.15. The highest BCUT2D eigenvalue weighted by atomic mass is 35.5. The summed E-state index contributed by atoms with van der Waals surface area (Å²) in [5.74, 6) is -0.150. The molecule has 3 rings (SSSR count). The number of pyridine rings is 1. The van der Waals surface area contributed by atoms with E-state index < -0.39 is 0 Å². The van der Waals surface area contributed by atoms with Gasteiger partial charge in [0.1, 0.15) is 5.82 Å². The number of carbonyl (C=O) groups is 2. The second kappa shape index (κ2) is 8.20. The maximum atomic E-state index is 12.3. The van der Waals surface area contributed by atoms with Crippen LogP contribution in [0.5, 0.6) is 0 Å². The zero-order chi connectivity index (χ0) is 19.4. The van der Waals surface area contributed by atoms with E-state index in [0.717, 1.165) is 5.69 Å². The topological polar surface area (TPSA) is 71.1 Å². The predicted molar refractivity (Wildman–Crippen MR) is 108 cm³/mol. The molecule has 0 saturated heterocycles. The van der Waals surface area contributed by atoms with Crippen molar-refractivity contribution in [3.63, 3.8) is 0 Å². The third-order valence-electron chi connectivity index (χ3n) is 3.66. The van der Waals surface area contributed by atoms with E-state index >= 15 is 0 Å². The number of hydrogen-bond acceptors (Lipinski definition) is 3. The first-order chi connectivity index (χ1) is 12.9. The molecule has 2 aromatic carbocycles. The van der Waals surface area contributed by atoms with E-state index in [2.05, 4.69) is 15.6 Å². The number of carbonyl (C=O) groups excluding carboxylic acids is 2. The molecule has 2 N–H and O–H groups in total. The van der Waals surface area contributed by atoms with Crippen LogP contribution in [0.15, 0.2) is 60.7 Å². The number of hydrogen-bond donors (Lipinski definition) is 2. The quantitative estimate of drug-likeness (QED) is 0.632. The molecule has 0 bridgehead atoms. The first kappa shape index (κ1) is 18.9. The van der Waals surface area contributed by atoms with Crippen LogP contribution < -0.4 is 10.6 Å². The molecule has 0 radical (unpaired) electrons. The van der Waals surface area contributed by atoms with Crippen LogP contribution in [-0.4, -0.2) is 16.8 Å². The lowest BCUT2D eigenvalue weighted by Gasteiger charge is -2.08. The summed E-state index contributed by atoms with van der Waals surface area (Å²) in [6, 6.07) is 16.5. The van der Waals surface area contributed by atoms with Gasteiger partial charge in [-0.1, -0.05) is 29.3 Å². The van der Waals surface area contributed by atoms with Gasteiger partial charge in [0.15, 0.2) is 0 Å². The van der Waals surface area contributed by atoms with Crippen molar-refractivity contribution in [2.45, 2.75) is 6.92 Å². The van der Waals surface area contributed by atoms with Crippen molar-refractivity contribution in [3.05, 3.63) is 87.5 Å². The highest BCUT2D eigenvalue weighted by molar-refractivity contribution is 6.35. The molecule has 0 saturated carbocycles. The van der Waals surface area contributed by atoms with Crippen LogP contribution in [0.3, 0.4) is 0 Å². The maximum absolute atomic E-state index is 12.3. The molecule has 7 heteroatoms. The van der Waals surface area contributed by atoms with Gasteiger partial charge in [-0.2, -0.15) is 0 Å². The third-order valence-corrected chi connectivity index (χ3v) is 4.10. The Kier molecular flexibility index (Phi) is 5.74. The molecular weight excluding hydrogens is 385 g/mol. The lowest BCUT2D eigenvalue weighted by Crippen LogP contribution is -2.14. The van der Waals surface area contributed by atoms with E-state index in [0.29, 0.717) is 32.7 Å². The molecule has 136 valence electrons. The van der Waals surface area contributed by atoms with Crippen molar-refractivity contribution in [3.8, 4) is 0 Å². The Bertz CT molecular complexity index is 984. The van der Waals surface area contributed by atoms with Crippen LogP contribution in [0.2, 0.25) is 10.0 Å². The molecular formula is C20H15Cl2N3O2. The number of aromatic nitrogens is 1. The Hall–Kier alpha value is -2.89. The van der Waals surface area contributed by atoms with Crippen LogP contribution in [0, 0.1) is 6.92 Å². The minimum Gasteiger partial charge on any atom is -0.322 e. The van der Waals surface area contributed by atoms with Crippen LogP contribution in [-0.2, 0) is 0 Å². The lowest BCUT2D eigenvalue weighted by atomic mass is 10.1. The Morgan fingerprint density at radius 1 is 0.815 bits per heavy atom. The van der Waals surface area contributed by atoms with E-state index in [9.17, 15) is 9.59 Å². The number of benzene rings is 2. The molecule has 1 heterocycles. The van der Waals surface area contributed by atoms with Gasteiger partial charge in [-0.05, 0) is 61.5 Å². The van der Waals surface area contributed by atoms with Crippen LogP contribution in [0.1, 0.15) is 26.4 Å². The average molecular weight is 400 g/mol. The highest BCUT2D eigenvalue weighted by Crippen LogP contribution is 2.20. The number of amides is 2. The number of aryl methyl sites for hydroxylation is 1. The SMILES string of the molecule is Cc1cccc(NC(=O)c2ccc(NC(=O)c3cc(Cl)cc(Cl)c3)cc2)n1. The molecule has 3 aromatic rings. The number of anilines is 2. The predicted octanol–water partition coefficient (Wildman–Crippen LogP) is 5.20. The molecule has 0 aliphatic carbocycles. The van der Waals surface area contributed by atoms with Gasteiger partial charge >= 0.3 is 0 Å². The molecule has 0 atom stereocenters. The van der Waals surface area contributed by atoms with Crippen molar-refractivity contribution >= 4 is 46.5 Å². The Morgan fingerprint density at radius 2 is 1.44 bits per heavy atom. The van der Waals surface area contributed by atoms with E-state index in [4.69, 9.17) is 23.2 Å². The zero-order valence-corrected chi connectivity index (χ0v) is 15.8. The third kappa shape index (κ3) is 5.06. The maximum Gasteiger partial charge on any atom is 0.256 e. The lowest BCUT2D eigenvalue weighted by molar-refractivity contribution is 0.101. The first-order valence-electron chi connectivity index (χ1n) is 8.03. The van der Waals surface area contributed by atoms with Gasteiger partial charge in [0, 0.05) is 32.6 Å². The fraction of sp³-hybridized carbons (Fsp3) is 0.0500. The van der Waals surface area contributed by atoms with Crippen LogP contribution in [0.25, 0.3) is 0 Å². The molecule has 1 aromatic heterocycles. The monoisotopic (exact) mass is 399 g/mol. The van der Waals surface area contributed by atoms with Gasteiger partial charge in [-0.3, -0.25) is 9.59 Å². The Morgan fingerprint density at radius 3 is 2.07 bits per heavy atom. The van der Waals surface area contributed by atoms with Gasteiger partial charge in [0.2, 0.25) is 0 Å². The first-order valence-corrected chi connectivity index (χ1v) is 8.79. The number of halogens is 2. The zero-order valence-electron chi connectivity index (χ0n) is 14.3. The van der Waals surface area contributed by atoms with E-state index in [1.807, 2.05) is 19.1 Å². The van der Waals surface area contributed by atoms with Gasteiger partial charge in [-0.15, -0.1) is 0 Å². The van der Waals surface area contributed by atoms with Gasteiger partial charge in [-0.25, -0.2) is 4.98 Å². The summed E-state index contributed by atoms with van der Waals surface area (Å²) in [6.45, 7) is 1.85. The molecule has 0 fully saturated rings. The molecule has 0 spiro atoms. The highest BCUT2D eigenvalue weighted by Gasteiger charge is 2.10. The van der Waals surface area contributed by atoms with Crippen molar-refractivity contribution < 1.29 is 9.59 Å². The Balaban J connectivity index is 1.67. The average Bonchev–Trinajstić information content (AvgIpc) is 2.61. The number of nitrogens with one attached hydrogen (secondary N) is 2. The summed E-state index contributed by atoms with van der Waals surface area (Å²) >= 11 is 11.8. The van der Waals surface area contributed by atoms with Gasteiger partial charge < -0.3 is 10.6 Å². The minimum atomic E-state index is -0.347. The fourth-order valence-electron chi connectivity index (χ4n) is 2.39. The second-order valence-electron chi connectivity index (χ2n) is 5.81. The molecule has 5 nitrogen and oxygen atoms in total. The van der Waals surface area contributed by atoms with Crippen LogP contribution in [0.4, 0.5) is 11.5 Å². The Labute approximate surface area is 166 Å². The summed E-state index contributed by atoms with van der Waals surface area (Å²) in [6.07, 6.45) is 0. The number of nitrogens with zero attached hydrogens (tertiary/aromatic N) is 1. The second-order valence-corrected chi connectivity index (χ2v) is 6.68. The van der Waals surface area contributed by atoms with Crippen molar-refractivity contribution in [1.29, 1.82) is 0 Å². The summed E-state index contributed by atoms with van der Waals surface area (Å²) in [7, 11) is 0. The van der Waals surface area contributed by atoms with E-state index in [1.54, 1.807) is 36.4 Å². The summed E-state index contributed by atoms with van der Waals surface area (Å²) in [4.78, 5) is 28.8. The molecule has 0 unspecified atom stereocenters. The van der Waals surface area contributed by atoms with E-state index in [1.165, 1.54) is 12.1 Å². The molecule has 0 aliphatic heterocycles. The molecule has 2 amide bonds. The largest absolute Gasteiger partial charge is 0.322 e. The van der Waals surface area contributed by atoms with E-state index in [-0.39, 0.29) is 11.8 Å². The van der Waals surface area contributed by atoms with Crippen molar-refractivity contribution in [2.24, 2.45) is 0 Å².